The van der Waals surface area contributed by atoms with Crippen LogP contribution in [0.25, 0.3) is 0 Å². The fraction of sp³-hybridized carbons (Fsp3) is 0.364. The number of carbonyl (C=O) groups is 1. The van der Waals surface area contributed by atoms with E-state index in [-0.39, 0.29) is 27.2 Å². The molecule has 5 heteroatoms. The first kappa shape index (κ1) is 10.1. The van der Waals surface area contributed by atoms with Crippen LogP contribution in [0.3, 0.4) is 0 Å². The van der Waals surface area contributed by atoms with Gasteiger partial charge in [0.2, 0.25) is 5.91 Å². The SMILES string of the molecule is O=C(Nc1c(O)ccc(Br)c1F)C12CC1C2. The number of nitrogens with one attached hydrogen (secondary N) is 1. The molecule has 2 saturated carbocycles. The maximum absolute atomic E-state index is 13.6. The number of phenolic OH excluding ortho intramolecular Hbond substituents is 1. The van der Waals surface area contributed by atoms with Crippen LogP contribution in [0.4, 0.5) is 10.1 Å². The van der Waals surface area contributed by atoms with Crippen molar-refractivity contribution < 1.29 is 14.3 Å². The van der Waals surface area contributed by atoms with Crippen LogP contribution in [0.5, 0.6) is 5.75 Å². The predicted molar refractivity (Wildman–Crippen MR) is 59.6 cm³/mol. The van der Waals surface area contributed by atoms with Gasteiger partial charge in [0.15, 0.2) is 5.82 Å². The Hall–Kier alpha value is -1.10. The van der Waals surface area contributed by atoms with Gasteiger partial charge in [0.05, 0.1) is 9.89 Å². The van der Waals surface area contributed by atoms with Crippen LogP contribution in [-0.4, -0.2) is 11.0 Å². The van der Waals surface area contributed by atoms with Crippen LogP contribution in [0.1, 0.15) is 12.8 Å². The molecular formula is C11H9BrFNO2. The number of hydrogen-bond acceptors (Lipinski definition) is 2. The molecule has 1 aromatic rings. The Labute approximate surface area is 99.8 Å². The number of halogens is 2. The van der Waals surface area contributed by atoms with Crippen molar-refractivity contribution in [3.8, 4) is 5.75 Å². The van der Waals surface area contributed by atoms with Gasteiger partial charge in [-0.25, -0.2) is 4.39 Å². The molecule has 2 aliphatic rings. The second-order valence-corrected chi connectivity index (χ2v) is 5.33. The summed E-state index contributed by atoms with van der Waals surface area (Å²) >= 11 is 3.01. The number of fused-ring (bicyclic) bond motifs is 1. The molecular weight excluding hydrogens is 277 g/mol. The molecule has 0 bridgehead atoms. The number of phenols is 1. The minimum atomic E-state index is -0.636. The highest BCUT2D eigenvalue weighted by Crippen LogP contribution is 2.75. The third-order valence-corrected chi connectivity index (χ3v) is 4.06. The lowest BCUT2D eigenvalue weighted by molar-refractivity contribution is -0.119. The van der Waals surface area contributed by atoms with Gasteiger partial charge in [-0.1, -0.05) is 0 Å². The zero-order chi connectivity index (χ0) is 11.5. The van der Waals surface area contributed by atoms with Crippen molar-refractivity contribution in [1.29, 1.82) is 0 Å². The molecule has 2 aliphatic carbocycles. The van der Waals surface area contributed by atoms with Gasteiger partial charge in [0.1, 0.15) is 11.4 Å². The Kier molecular flexibility index (Phi) is 1.87. The molecule has 84 valence electrons. The van der Waals surface area contributed by atoms with E-state index in [2.05, 4.69) is 21.2 Å². The Morgan fingerprint density at radius 1 is 1.56 bits per heavy atom. The first-order valence-corrected chi connectivity index (χ1v) is 5.82. The van der Waals surface area contributed by atoms with Gasteiger partial charge >= 0.3 is 0 Å². The second-order valence-electron chi connectivity index (χ2n) is 4.47. The standard InChI is InChI=1S/C11H9BrFNO2/c12-6-1-2-7(15)9(8(6)13)14-10(16)11-3-5(11)4-11/h1-2,5,15H,3-4H2,(H,14,16). The number of rotatable bonds is 2. The van der Waals surface area contributed by atoms with Crippen molar-refractivity contribution in [2.45, 2.75) is 12.8 Å². The quantitative estimate of drug-likeness (QED) is 0.821. The molecule has 0 heterocycles. The smallest absolute Gasteiger partial charge is 0.231 e. The highest BCUT2D eigenvalue weighted by atomic mass is 79.9. The summed E-state index contributed by atoms with van der Waals surface area (Å²) < 4.78 is 13.8. The Bertz CT molecular complexity index is 497. The zero-order valence-corrected chi connectivity index (χ0v) is 9.84. The molecule has 3 rings (SSSR count). The van der Waals surface area contributed by atoms with Crippen molar-refractivity contribution in [2.24, 2.45) is 11.3 Å². The van der Waals surface area contributed by atoms with Crippen molar-refractivity contribution >= 4 is 27.5 Å². The van der Waals surface area contributed by atoms with E-state index in [0.717, 1.165) is 12.8 Å². The van der Waals surface area contributed by atoms with Crippen molar-refractivity contribution in [3.63, 3.8) is 0 Å². The van der Waals surface area contributed by atoms with E-state index in [1.54, 1.807) is 0 Å². The first-order valence-electron chi connectivity index (χ1n) is 5.03. The summed E-state index contributed by atoms with van der Waals surface area (Å²) in [5.41, 5.74) is -0.368. The van der Waals surface area contributed by atoms with E-state index in [0.29, 0.717) is 5.92 Å². The summed E-state index contributed by atoms with van der Waals surface area (Å²) in [6.45, 7) is 0. The average Bonchev–Trinajstić information content (AvgIpc) is 3.06. The van der Waals surface area contributed by atoms with Crippen LogP contribution in [0.15, 0.2) is 16.6 Å². The number of anilines is 1. The van der Waals surface area contributed by atoms with Crippen molar-refractivity contribution in [3.05, 3.63) is 22.4 Å². The van der Waals surface area contributed by atoms with E-state index >= 15 is 0 Å². The molecule has 0 saturated heterocycles. The van der Waals surface area contributed by atoms with E-state index in [9.17, 15) is 14.3 Å². The topological polar surface area (TPSA) is 49.3 Å². The van der Waals surface area contributed by atoms with Gasteiger partial charge in [0, 0.05) is 0 Å². The molecule has 3 nitrogen and oxygen atoms in total. The molecule has 2 N–H and O–H groups in total. The van der Waals surface area contributed by atoms with Gasteiger partial charge in [-0.05, 0) is 46.8 Å². The van der Waals surface area contributed by atoms with E-state index in [1.807, 2.05) is 0 Å². The summed E-state index contributed by atoms with van der Waals surface area (Å²) in [7, 11) is 0. The lowest BCUT2D eigenvalue weighted by atomic mass is 10.2. The van der Waals surface area contributed by atoms with Crippen molar-refractivity contribution in [1.82, 2.24) is 0 Å². The summed E-state index contributed by atoms with van der Waals surface area (Å²) in [5.74, 6) is -0.569. The molecule has 0 aromatic heterocycles. The summed E-state index contributed by atoms with van der Waals surface area (Å²) in [6.07, 6.45) is 1.80. The molecule has 0 radical (unpaired) electrons. The Balaban J connectivity index is 1.88. The monoisotopic (exact) mass is 285 g/mol. The largest absolute Gasteiger partial charge is 0.506 e. The fourth-order valence-corrected chi connectivity index (χ4v) is 2.30. The van der Waals surface area contributed by atoms with Gasteiger partial charge in [-0.2, -0.15) is 0 Å². The lowest BCUT2D eigenvalue weighted by Gasteiger charge is -2.10. The number of aromatic hydroxyl groups is 1. The van der Waals surface area contributed by atoms with Crippen LogP contribution in [0, 0.1) is 17.2 Å². The zero-order valence-electron chi connectivity index (χ0n) is 8.26. The van der Waals surface area contributed by atoms with Crippen LogP contribution in [-0.2, 0) is 4.79 Å². The number of amides is 1. The maximum Gasteiger partial charge on any atom is 0.231 e. The van der Waals surface area contributed by atoms with Crippen LogP contribution < -0.4 is 5.32 Å². The average molecular weight is 286 g/mol. The molecule has 16 heavy (non-hydrogen) atoms. The van der Waals surface area contributed by atoms with E-state index < -0.39 is 5.82 Å². The minimum Gasteiger partial charge on any atom is -0.506 e. The molecule has 1 aromatic carbocycles. The molecule has 0 aliphatic heterocycles. The van der Waals surface area contributed by atoms with Crippen LogP contribution in [0.2, 0.25) is 0 Å². The van der Waals surface area contributed by atoms with Gasteiger partial charge in [0.25, 0.3) is 0 Å². The van der Waals surface area contributed by atoms with Gasteiger partial charge < -0.3 is 10.4 Å². The highest BCUT2D eigenvalue weighted by Gasteiger charge is 2.74. The summed E-state index contributed by atoms with van der Waals surface area (Å²) in [4.78, 5) is 11.7. The third-order valence-electron chi connectivity index (χ3n) is 3.45. The van der Waals surface area contributed by atoms with E-state index in [1.165, 1.54) is 12.1 Å². The minimum absolute atomic E-state index is 0.133. The third kappa shape index (κ3) is 1.27. The van der Waals surface area contributed by atoms with Gasteiger partial charge in [-0.15, -0.1) is 0 Å². The molecule has 0 spiro atoms. The Morgan fingerprint density at radius 3 is 2.75 bits per heavy atom. The number of benzene rings is 1. The maximum atomic E-state index is 13.6. The second kappa shape index (κ2) is 2.97. The lowest BCUT2D eigenvalue weighted by Crippen LogP contribution is -2.19. The first-order chi connectivity index (χ1) is 7.54. The molecule has 2 fully saturated rings. The van der Waals surface area contributed by atoms with Gasteiger partial charge in [-0.3, -0.25) is 4.79 Å². The molecule has 1 amide bonds. The molecule has 0 unspecified atom stereocenters. The Morgan fingerprint density at radius 2 is 2.19 bits per heavy atom. The van der Waals surface area contributed by atoms with Crippen LogP contribution >= 0.6 is 15.9 Å². The highest BCUT2D eigenvalue weighted by molar-refractivity contribution is 9.10. The number of hydrogen-bond donors (Lipinski definition) is 2. The fourth-order valence-electron chi connectivity index (χ4n) is 1.97. The summed E-state index contributed by atoms with van der Waals surface area (Å²) in [6, 6.07) is 2.74. The van der Waals surface area contributed by atoms with E-state index in [4.69, 9.17) is 0 Å². The molecule has 0 atom stereocenters. The van der Waals surface area contributed by atoms with Crippen molar-refractivity contribution in [2.75, 3.05) is 5.32 Å². The number of carbonyl (C=O) groups excluding carboxylic acids is 1. The summed E-state index contributed by atoms with van der Waals surface area (Å²) in [5, 5.41) is 12.0. The normalized spacial score (nSPS) is 29.5. The predicted octanol–water partition coefficient (Wildman–Crippen LogP) is 2.64.